The van der Waals surface area contributed by atoms with Crippen LogP contribution in [0, 0.1) is 0 Å². The summed E-state index contributed by atoms with van der Waals surface area (Å²) in [6.45, 7) is 1.86. The largest absolute Gasteiger partial charge is 0.480 e. The van der Waals surface area contributed by atoms with E-state index in [2.05, 4.69) is 15.3 Å². The van der Waals surface area contributed by atoms with Gasteiger partial charge in [0.2, 0.25) is 0 Å². The summed E-state index contributed by atoms with van der Waals surface area (Å²) in [5, 5.41) is 11.7. The van der Waals surface area contributed by atoms with Crippen molar-refractivity contribution in [3.63, 3.8) is 0 Å². The number of amides is 1. The molecule has 0 aliphatic rings. The number of hydrogen-bond donors (Lipinski definition) is 3. The van der Waals surface area contributed by atoms with Gasteiger partial charge in [-0.3, -0.25) is 4.79 Å². The van der Waals surface area contributed by atoms with Crippen molar-refractivity contribution in [2.75, 3.05) is 0 Å². The summed E-state index contributed by atoms with van der Waals surface area (Å²) in [6.07, 6.45) is 5.10. The first kappa shape index (κ1) is 13.9. The first-order valence-electron chi connectivity index (χ1n) is 6.19. The number of rotatable bonds is 6. The molecule has 0 fully saturated rings. The number of imidazole rings is 1. The number of carbonyl (C=O) groups is 2. The first-order chi connectivity index (χ1) is 9.61. The molecule has 0 saturated carbocycles. The molecule has 2 heterocycles. The molecule has 1 amide bonds. The second kappa shape index (κ2) is 6.05. The van der Waals surface area contributed by atoms with E-state index >= 15 is 0 Å². The Labute approximate surface area is 115 Å². The van der Waals surface area contributed by atoms with Gasteiger partial charge < -0.3 is 19.8 Å². The van der Waals surface area contributed by atoms with Crippen LogP contribution in [0.2, 0.25) is 0 Å². The van der Waals surface area contributed by atoms with Crippen molar-refractivity contribution in [2.24, 2.45) is 0 Å². The number of furan rings is 1. The molecule has 0 saturated heterocycles. The maximum absolute atomic E-state index is 12.1. The Kier molecular flexibility index (Phi) is 4.19. The highest BCUT2D eigenvalue weighted by atomic mass is 16.4. The normalized spacial score (nSPS) is 12.1. The Hall–Kier alpha value is -2.57. The van der Waals surface area contributed by atoms with Crippen LogP contribution in [0.4, 0.5) is 0 Å². The fraction of sp³-hybridized carbons (Fsp3) is 0.308. The molecule has 1 atom stereocenters. The third-order valence-corrected chi connectivity index (χ3v) is 2.89. The Morgan fingerprint density at radius 1 is 1.55 bits per heavy atom. The van der Waals surface area contributed by atoms with Gasteiger partial charge in [0, 0.05) is 24.7 Å². The van der Waals surface area contributed by atoms with Crippen LogP contribution in [-0.4, -0.2) is 33.0 Å². The smallest absolute Gasteiger partial charge is 0.326 e. The zero-order valence-electron chi connectivity index (χ0n) is 10.9. The van der Waals surface area contributed by atoms with E-state index < -0.39 is 17.9 Å². The predicted octanol–water partition coefficient (Wildman–Crippen LogP) is 0.991. The number of aromatic nitrogens is 2. The van der Waals surface area contributed by atoms with Crippen LogP contribution in [0.25, 0.3) is 0 Å². The number of carboxylic acids is 1. The molecule has 1 unspecified atom stereocenters. The van der Waals surface area contributed by atoms with Gasteiger partial charge in [0.05, 0.1) is 18.2 Å². The second-order valence-corrected chi connectivity index (χ2v) is 4.26. The van der Waals surface area contributed by atoms with Crippen molar-refractivity contribution >= 4 is 11.9 Å². The molecule has 7 nitrogen and oxygen atoms in total. The molecule has 0 radical (unpaired) electrons. The van der Waals surface area contributed by atoms with Gasteiger partial charge in [0.1, 0.15) is 11.8 Å². The molecule has 2 rings (SSSR count). The van der Waals surface area contributed by atoms with E-state index in [4.69, 9.17) is 4.42 Å². The van der Waals surface area contributed by atoms with Crippen LogP contribution < -0.4 is 5.32 Å². The molecule has 20 heavy (non-hydrogen) atoms. The molecular weight excluding hydrogens is 262 g/mol. The summed E-state index contributed by atoms with van der Waals surface area (Å²) in [7, 11) is 0. The lowest BCUT2D eigenvalue weighted by Gasteiger charge is -2.13. The summed E-state index contributed by atoms with van der Waals surface area (Å²) in [5.74, 6) is -1.02. The van der Waals surface area contributed by atoms with Crippen LogP contribution in [0.15, 0.2) is 29.3 Å². The number of aliphatic carboxylic acids is 1. The van der Waals surface area contributed by atoms with Gasteiger partial charge in [-0.05, 0) is 6.07 Å². The molecule has 106 valence electrons. The van der Waals surface area contributed by atoms with Gasteiger partial charge in [0.15, 0.2) is 0 Å². The van der Waals surface area contributed by atoms with Crippen molar-refractivity contribution in [3.05, 3.63) is 41.9 Å². The SMILES string of the molecule is CCc1occc1C(=O)NC(Cc1cnc[nH]1)C(=O)O. The maximum Gasteiger partial charge on any atom is 0.326 e. The number of carboxylic acid groups (broad SMARTS) is 1. The number of H-pyrrole nitrogens is 1. The molecule has 0 aromatic carbocycles. The highest BCUT2D eigenvalue weighted by molar-refractivity contribution is 5.97. The standard InChI is InChI=1S/C13H15N3O4/c1-2-11-9(3-4-20-11)12(17)16-10(13(18)19)5-8-6-14-7-15-8/h3-4,6-7,10H,2,5H2,1H3,(H,14,15)(H,16,17)(H,18,19). The molecule has 0 aliphatic carbocycles. The summed E-state index contributed by atoms with van der Waals surface area (Å²) in [6, 6.07) is 0.506. The minimum atomic E-state index is -1.10. The summed E-state index contributed by atoms with van der Waals surface area (Å²) >= 11 is 0. The Morgan fingerprint density at radius 3 is 2.95 bits per heavy atom. The van der Waals surface area contributed by atoms with E-state index in [-0.39, 0.29) is 6.42 Å². The highest BCUT2D eigenvalue weighted by Gasteiger charge is 2.23. The van der Waals surface area contributed by atoms with Crippen LogP contribution in [0.3, 0.4) is 0 Å². The number of aryl methyl sites for hydroxylation is 1. The van der Waals surface area contributed by atoms with E-state index in [1.807, 2.05) is 6.92 Å². The molecule has 2 aromatic rings. The lowest BCUT2D eigenvalue weighted by Crippen LogP contribution is -2.42. The Balaban J connectivity index is 2.08. The number of nitrogens with one attached hydrogen (secondary N) is 2. The van der Waals surface area contributed by atoms with Crippen molar-refractivity contribution in [3.8, 4) is 0 Å². The van der Waals surface area contributed by atoms with Crippen molar-refractivity contribution in [2.45, 2.75) is 25.8 Å². The van der Waals surface area contributed by atoms with Gasteiger partial charge in [-0.25, -0.2) is 9.78 Å². The van der Waals surface area contributed by atoms with Crippen molar-refractivity contribution in [1.29, 1.82) is 0 Å². The van der Waals surface area contributed by atoms with Gasteiger partial charge in [0.25, 0.3) is 5.91 Å². The third-order valence-electron chi connectivity index (χ3n) is 2.89. The average molecular weight is 277 g/mol. The second-order valence-electron chi connectivity index (χ2n) is 4.26. The molecule has 0 bridgehead atoms. The van der Waals surface area contributed by atoms with Gasteiger partial charge in [-0.2, -0.15) is 0 Å². The molecule has 0 aliphatic heterocycles. The number of carbonyl (C=O) groups excluding carboxylic acids is 1. The lowest BCUT2D eigenvalue weighted by molar-refractivity contribution is -0.139. The van der Waals surface area contributed by atoms with Crippen molar-refractivity contribution in [1.82, 2.24) is 15.3 Å². The molecular formula is C13H15N3O4. The van der Waals surface area contributed by atoms with E-state index in [9.17, 15) is 14.7 Å². The summed E-state index contributed by atoms with van der Waals surface area (Å²) in [4.78, 5) is 29.9. The van der Waals surface area contributed by atoms with Gasteiger partial charge in [-0.1, -0.05) is 6.92 Å². The van der Waals surface area contributed by atoms with E-state index in [1.54, 1.807) is 0 Å². The molecule has 7 heteroatoms. The number of hydrogen-bond acceptors (Lipinski definition) is 4. The fourth-order valence-corrected chi connectivity index (χ4v) is 1.87. The van der Waals surface area contributed by atoms with Crippen LogP contribution >= 0.6 is 0 Å². The van der Waals surface area contributed by atoms with E-state index in [0.717, 1.165) is 0 Å². The van der Waals surface area contributed by atoms with Gasteiger partial charge >= 0.3 is 5.97 Å². The third kappa shape index (κ3) is 3.05. The number of nitrogens with zero attached hydrogens (tertiary/aromatic N) is 1. The van der Waals surface area contributed by atoms with E-state index in [0.29, 0.717) is 23.4 Å². The summed E-state index contributed by atoms with van der Waals surface area (Å²) in [5.41, 5.74) is 1.00. The van der Waals surface area contributed by atoms with Crippen LogP contribution in [0.5, 0.6) is 0 Å². The molecule has 0 spiro atoms. The predicted molar refractivity (Wildman–Crippen MR) is 69.3 cm³/mol. The highest BCUT2D eigenvalue weighted by Crippen LogP contribution is 2.11. The molecule has 3 N–H and O–H groups in total. The molecule has 2 aromatic heterocycles. The van der Waals surface area contributed by atoms with Crippen LogP contribution in [-0.2, 0) is 17.6 Å². The Morgan fingerprint density at radius 2 is 2.35 bits per heavy atom. The first-order valence-corrected chi connectivity index (χ1v) is 6.19. The van der Waals surface area contributed by atoms with Gasteiger partial charge in [-0.15, -0.1) is 0 Å². The average Bonchev–Trinajstić information content (AvgIpc) is 3.08. The fourth-order valence-electron chi connectivity index (χ4n) is 1.87. The van der Waals surface area contributed by atoms with Crippen molar-refractivity contribution < 1.29 is 19.1 Å². The minimum absolute atomic E-state index is 0.139. The maximum atomic E-state index is 12.1. The monoisotopic (exact) mass is 277 g/mol. The summed E-state index contributed by atoms with van der Waals surface area (Å²) < 4.78 is 5.16. The minimum Gasteiger partial charge on any atom is -0.480 e. The van der Waals surface area contributed by atoms with Crippen LogP contribution in [0.1, 0.15) is 28.7 Å². The topological polar surface area (TPSA) is 108 Å². The number of aromatic amines is 1. The van der Waals surface area contributed by atoms with E-state index in [1.165, 1.54) is 24.9 Å². The lowest BCUT2D eigenvalue weighted by atomic mass is 10.1. The Bertz CT molecular complexity index is 589. The quantitative estimate of drug-likeness (QED) is 0.729. The zero-order chi connectivity index (χ0) is 14.5. The zero-order valence-corrected chi connectivity index (χ0v) is 10.9.